The van der Waals surface area contributed by atoms with Crippen LogP contribution in [0.5, 0.6) is 0 Å². The van der Waals surface area contributed by atoms with Crippen molar-refractivity contribution in [3.05, 3.63) is 12.7 Å². The van der Waals surface area contributed by atoms with E-state index < -0.39 is 0 Å². The molecule has 0 saturated heterocycles. The van der Waals surface area contributed by atoms with Gasteiger partial charge in [0, 0.05) is 5.54 Å². The molecular formula is C13H22ClN. The van der Waals surface area contributed by atoms with Crippen molar-refractivity contribution in [2.24, 2.45) is 29.4 Å². The molecule has 0 amide bonds. The summed E-state index contributed by atoms with van der Waals surface area (Å²) >= 11 is 0. The molecule has 0 heterocycles. The highest BCUT2D eigenvalue weighted by Gasteiger charge is 2.54. The standard InChI is InChI=1S/C13H21N.ClH/c1-2-3-12-11-5-9-4-10(6-11)8-13(12,14)7-9;/h2,9-12H,1,3-8,14H2;1H. The molecule has 4 rings (SSSR count). The van der Waals surface area contributed by atoms with Crippen molar-refractivity contribution in [2.45, 2.75) is 44.1 Å². The van der Waals surface area contributed by atoms with Crippen molar-refractivity contribution in [1.82, 2.24) is 0 Å². The van der Waals surface area contributed by atoms with Crippen LogP contribution < -0.4 is 5.73 Å². The topological polar surface area (TPSA) is 26.0 Å². The van der Waals surface area contributed by atoms with Gasteiger partial charge < -0.3 is 5.73 Å². The third-order valence-corrected chi connectivity index (χ3v) is 5.00. The highest BCUT2D eigenvalue weighted by Crippen LogP contribution is 2.58. The molecule has 0 aromatic rings. The first-order valence-electron chi connectivity index (χ1n) is 6.11. The highest BCUT2D eigenvalue weighted by molar-refractivity contribution is 5.85. The van der Waals surface area contributed by atoms with Crippen LogP contribution >= 0.6 is 12.4 Å². The minimum Gasteiger partial charge on any atom is -0.325 e. The Morgan fingerprint density at radius 2 is 1.80 bits per heavy atom. The molecule has 86 valence electrons. The third kappa shape index (κ3) is 1.64. The summed E-state index contributed by atoms with van der Waals surface area (Å²) in [4.78, 5) is 0. The molecule has 2 heteroatoms. The zero-order valence-corrected chi connectivity index (χ0v) is 10.1. The summed E-state index contributed by atoms with van der Waals surface area (Å²) in [5.74, 6) is 3.63. The van der Waals surface area contributed by atoms with Crippen LogP contribution in [0, 0.1) is 23.7 Å². The molecular weight excluding hydrogens is 206 g/mol. The van der Waals surface area contributed by atoms with E-state index in [4.69, 9.17) is 5.73 Å². The van der Waals surface area contributed by atoms with Crippen LogP contribution in [-0.4, -0.2) is 5.54 Å². The first-order chi connectivity index (χ1) is 6.71. The molecule has 3 atom stereocenters. The van der Waals surface area contributed by atoms with Crippen LogP contribution in [0.3, 0.4) is 0 Å². The van der Waals surface area contributed by atoms with E-state index in [1.165, 1.54) is 32.1 Å². The minimum atomic E-state index is 0. The average molecular weight is 228 g/mol. The predicted molar refractivity (Wildman–Crippen MR) is 66.0 cm³/mol. The van der Waals surface area contributed by atoms with Crippen molar-refractivity contribution >= 4 is 12.4 Å². The van der Waals surface area contributed by atoms with Crippen LogP contribution in [0.25, 0.3) is 0 Å². The second-order valence-corrected chi connectivity index (χ2v) is 5.97. The molecule has 15 heavy (non-hydrogen) atoms. The Balaban J connectivity index is 0.000000853. The largest absolute Gasteiger partial charge is 0.325 e. The van der Waals surface area contributed by atoms with E-state index in [0.29, 0.717) is 0 Å². The van der Waals surface area contributed by atoms with E-state index in [9.17, 15) is 0 Å². The van der Waals surface area contributed by atoms with Gasteiger partial charge in [0.2, 0.25) is 0 Å². The van der Waals surface area contributed by atoms with Gasteiger partial charge in [0.05, 0.1) is 0 Å². The van der Waals surface area contributed by atoms with Gasteiger partial charge in [0.25, 0.3) is 0 Å². The molecule has 4 aliphatic carbocycles. The lowest BCUT2D eigenvalue weighted by molar-refractivity contribution is -0.0538. The van der Waals surface area contributed by atoms with Gasteiger partial charge in [-0.25, -0.2) is 0 Å². The summed E-state index contributed by atoms with van der Waals surface area (Å²) < 4.78 is 0. The zero-order chi connectivity index (χ0) is 9.76. The maximum Gasteiger partial charge on any atom is 0.0193 e. The van der Waals surface area contributed by atoms with Crippen molar-refractivity contribution in [3.8, 4) is 0 Å². The fourth-order valence-electron chi connectivity index (χ4n) is 4.82. The first-order valence-corrected chi connectivity index (χ1v) is 6.11. The molecule has 4 saturated carbocycles. The quantitative estimate of drug-likeness (QED) is 0.721. The molecule has 0 aliphatic heterocycles. The van der Waals surface area contributed by atoms with Crippen molar-refractivity contribution in [2.75, 3.05) is 0 Å². The number of hydrogen-bond acceptors (Lipinski definition) is 1. The summed E-state index contributed by atoms with van der Waals surface area (Å²) in [6.07, 6.45) is 10.3. The highest BCUT2D eigenvalue weighted by atomic mass is 35.5. The van der Waals surface area contributed by atoms with Crippen LogP contribution in [0.2, 0.25) is 0 Å². The Labute approximate surface area is 98.9 Å². The summed E-state index contributed by atoms with van der Waals surface area (Å²) in [5, 5.41) is 0. The molecule has 4 aliphatic rings. The van der Waals surface area contributed by atoms with Crippen LogP contribution in [-0.2, 0) is 0 Å². The van der Waals surface area contributed by atoms with Gasteiger partial charge in [-0.2, -0.15) is 0 Å². The predicted octanol–water partition coefficient (Wildman–Crippen LogP) is 3.14. The summed E-state index contributed by atoms with van der Waals surface area (Å²) in [6, 6.07) is 0. The molecule has 0 aromatic heterocycles. The summed E-state index contributed by atoms with van der Waals surface area (Å²) in [7, 11) is 0. The minimum absolute atomic E-state index is 0. The van der Waals surface area contributed by atoms with Gasteiger partial charge in [0.15, 0.2) is 0 Å². The molecule has 0 radical (unpaired) electrons. The normalized spacial score (nSPS) is 51.3. The van der Waals surface area contributed by atoms with Gasteiger partial charge in [-0.3, -0.25) is 0 Å². The Bertz CT molecular complexity index is 249. The summed E-state index contributed by atoms with van der Waals surface area (Å²) in [6.45, 7) is 3.89. The molecule has 3 unspecified atom stereocenters. The van der Waals surface area contributed by atoms with Crippen LogP contribution in [0.1, 0.15) is 38.5 Å². The molecule has 4 fully saturated rings. The lowest BCUT2D eigenvalue weighted by Crippen LogP contribution is -2.62. The van der Waals surface area contributed by atoms with Crippen molar-refractivity contribution in [3.63, 3.8) is 0 Å². The van der Waals surface area contributed by atoms with Gasteiger partial charge >= 0.3 is 0 Å². The van der Waals surface area contributed by atoms with E-state index in [0.717, 1.165) is 30.1 Å². The van der Waals surface area contributed by atoms with Gasteiger partial charge in [-0.1, -0.05) is 6.08 Å². The molecule has 1 nitrogen and oxygen atoms in total. The van der Waals surface area contributed by atoms with E-state index >= 15 is 0 Å². The smallest absolute Gasteiger partial charge is 0.0193 e. The lowest BCUT2D eigenvalue weighted by atomic mass is 9.48. The SMILES string of the molecule is C=CCC1C2CC3CC(C2)CC1(N)C3.Cl. The maximum atomic E-state index is 6.60. The Morgan fingerprint density at radius 1 is 1.20 bits per heavy atom. The second-order valence-electron chi connectivity index (χ2n) is 5.97. The number of rotatable bonds is 2. The first kappa shape index (κ1) is 11.5. The Hall–Kier alpha value is -0.0100. The lowest BCUT2D eigenvalue weighted by Gasteiger charge is -2.60. The Morgan fingerprint density at radius 3 is 2.27 bits per heavy atom. The number of nitrogens with two attached hydrogens (primary N) is 1. The van der Waals surface area contributed by atoms with Crippen molar-refractivity contribution < 1.29 is 0 Å². The zero-order valence-electron chi connectivity index (χ0n) is 9.32. The molecule has 0 aromatic carbocycles. The fourth-order valence-corrected chi connectivity index (χ4v) is 4.82. The molecule has 0 spiro atoms. The molecule has 4 bridgehead atoms. The van der Waals surface area contributed by atoms with Crippen LogP contribution in [0.15, 0.2) is 12.7 Å². The van der Waals surface area contributed by atoms with E-state index in [-0.39, 0.29) is 17.9 Å². The average Bonchev–Trinajstić information content (AvgIpc) is 2.09. The van der Waals surface area contributed by atoms with E-state index in [2.05, 4.69) is 12.7 Å². The van der Waals surface area contributed by atoms with E-state index in [1.54, 1.807) is 0 Å². The van der Waals surface area contributed by atoms with Gasteiger partial charge in [-0.05, 0) is 62.2 Å². The van der Waals surface area contributed by atoms with Crippen molar-refractivity contribution in [1.29, 1.82) is 0 Å². The van der Waals surface area contributed by atoms with Gasteiger partial charge in [-0.15, -0.1) is 19.0 Å². The Kier molecular flexibility index (Phi) is 2.89. The number of halogens is 1. The monoisotopic (exact) mass is 227 g/mol. The maximum absolute atomic E-state index is 6.60. The fraction of sp³-hybridized carbons (Fsp3) is 0.846. The van der Waals surface area contributed by atoms with Crippen LogP contribution in [0.4, 0.5) is 0 Å². The van der Waals surface area contributed by atoms with Gasteiger partial charge in [0.1, 0.15) is 0 Å². The number of allylic oxidation sites excluding steroid dienone is 1. The summed E-state index contributed by atoms with van der Waals surface area (Å²) in [5.41, 5.74) is 6.80. The third-order valence-electron chi connectivity index (χ3n) is 5.00. The van der Waals surface area contributed by atoms with E-state index in [1.807, 2.05) is 0 Å². The molecule has 2 N–H and O–H groups in total. The number of hydrogen-bond donors (Lipinski definition) is 1. The second kappa shape index (κ2) is 3.78.